The standard InChI is InChI=1S/C21H22ClN3O4/c1-28-16-4-3-5-17(29-2)18(16)20(27)25-10-8-21(9-11-25)23-15-7-6-13(22)12-14(15)19(26)24-21/h3-7,12,23H,8-11H2,1-2H3,(H,24,26). The number of hydrogen-bond donors (Lipinski definition) is 2. The van der Waals surface area contributed by atoms with E-state index in [1.807, 2.05) is 6.07 Å². The Labute approximate surface area is 173 Å². The summed E-state index contributed by atoms with van der Waals surface area (Å²) in [6.45, 7) is 0.965. The van der Waals surface area contributed by atoms with Crippen molar-refractivity contribution in [2.24, 2.45) is 0 Å². The molecule has 0 atom stereocenters. The number of fused-ring (bicyclic) bond motifs is 1. The van der Waals surface area contributed by atoms with Crippen molar-refractivity contribution in [3.8, 4) is 11.5 Å². The molecule has 0 radical (unpaired) electrons. The number of ether oxygens (including phenoxy) is 2. The molecular formula is C21H22ClN3O4. The van der Waals surface area contributed by atoms with Crippen molar-refractivity contribution in [3.05, 3.63) is 52.5 Å². The molecule has 7 nitrogen and oxygen atoms in total. The van der Waals surface area contributed by atoms with E-state index >= 15 is 0 Å². The molecule has 0 aromatic heterocycles. The summed E-state index contributed by atoms with van der Waals surface area (Å²) in [5, 5.41) is 7.02. The summed E-state index contributed by atoms with van der Waals surface area (Å²) in [6, 6.07) is 10.5. The number of rotatable bonds is 3. The smallest absolute Gasteiger partial charge is 0.261 e. The largest absolute Gasteiger partial charge is 0.496 e. The van der Waals surface area contributed by atoms with E-state index in [0.717, 1.165) is 5.69 Å². The van der Waals surface area contributed by atoms with Crippen LogP contribution in [-0.4, -0.2) is 49.7 Å². The molecule has 2 N–H and O–H groups in total. The van der Waals surface area contributed by atoms with Crippen LogP contribution in [0.15, 0.2) is 36.4 Å². The zero-order chi connectivity index (χ0) is 20.6. The Morgan fingerprint density at radius 3 is 2.34 bits per heavy atom. The third kappa shape index (κ3) is 3.46. The second-order valence-electron chi connectivity index (χ2n) is 7.18. The normalized spacial score (nSPS) is 17.2. The Bertz CT molecular complexity index is 948. The minimum absolute atomic E-state index is 0.150. The van der Waals surface area contributed by atoms with Crippen LogP contribution in [0.3, 0.4) is 0 Å². The molecule has 8 heteroatoms. The molecule has 2 aromatic rings. The van der Waals surface area contributed by atoms with Gasteiger partial charge in [-0.15, -0.1) is 0 Å². The Hall–Kier alpha value is -2.93. The average molecular weight is 416 g/mol. The van der Waals surface area contributed by atoms with Gasteiger partial charge in [0.1, 0.15) is 22.7 Å². The maximum absolute atomic E-state index is 13.2. The third-order valence-corrected chi connectivity index (χ3v) is 5.73. The summed E-state index contributed by atoms with van der Waals surface area (Å²) < 4.78 is 10.7. The lowest BCUT2D eigenvalue weighted by molar-refractivity contribution is 0.0634. The molecule has 1 fully saturated rings. The highest BCUT2D eigenvalue weighted by Crippen LogP contribution is 2.35. The number of halogens is 1. The first-order valence-electron chi connectivity index (χ1n) is 9.37. The first-order chi connectivity index (χ1) is 14.0. The van der Waals surface area contributed by atoms with Gasteiger partial charge in [0.15, 0.2) is 0 Å². The maximum atomic E-state index is 13.2. The van der Waals surface area contributed by atoms with Gasteiger partial charge in [0.25, 0.3) is 11.8 Å². The predicted octanol–water partition coefficient (Wildman–Crippen LogP) is 3.15. The zero-order valence-corrected chi connectivity index (χ0v) is 17.0. The highest BCUT2D eigenvalue weighted by atomic mass is 35.5. The molecule has 0 bridgehead atoms. The second kappa shape index (κ2) is 7.48. The van der Waals surface area contributed by atoms with E-state index in [2.05, 4.69) is 10.6 Å². The lowest BCUT2D eigenvalue weighted by atomic mass is 9.92. The van der Waals surface area contributed by atoms with E-state index in [0.29, 0.717) is 53.6 Å². The summed E-state index contributed by atoms with van der Waals surface area (Å²) in [7, 11) is 3.06. The van der Waals surface area contributed by atoms with Gasteiger partial charge >= 0.3 is 0 Å². The van der Waals surface area contributed by atoms with Crippen molar-refractivity contribution >= 4 is 29.1 Å². The van der Waals surface area contributed by atoms with Crippen LogP contribution in [0.4, 0.5) is 5.69 Å². The van der Waals surface area contributed by atoms with Crippen LogP contribution in [-0.2, 0) is 0 Å². The number of hydrogen-bond acceptors (Lipinski definition) is 5. The van der Waals surface area contributed by atoms with Gasteiger partial charge in [-0.3, -0.25) is 9.59 Å². The number of methoxy groups -OCH3 is 2. The number of likely N-dealkylation sites (tertiary alicyclic amines) is 1. The molecular weight excluding hydrogens is 394 g/mol. The highest BCUT2D eigenvalue weighted by molar-refractivity contribution is 6.31. The van der Waals surface area contributed by atoms with Crippen LogP contribution in [0.2, 0.25) is 5.02 Å². The molecule has 4 rings (SSSR count). The zero-order valence-electron chi connectivity index (χ0n) is 16.3. The van der Waals surface area contributed by atoms with Crippen LogP contribution in [0.5, 0.6) is 11.5 Å². The Balaban J connectivity index is 1.53. The molecule has 0 saturated carbocycles. The van der Waals surface area contributed by atoms with Crippen molar-refractivity contribution in [3.63, 3.8) is 0 Å². The molecule has 2 amide bonds. The molecule has 1 saturated heterocycles. The van der Waals surface area contributed by atoms with Gasteiger partial charge in [-0.2, -0.15) is 0 Å². The lowest BCUT2D eigenvalue weighted by Gasteiger charge is -2.46. The first kappa shape index (κ1) is 19.4. The Morgan fingerprint density at radius 2 is 1.72 bits per heavy atom. The minimum Gasteiger partial charge on any atom is -0.496 e. The Morgan fingerprint density at radius 1 is 1.07 bits per heavy atom. The van der Waals surface area contributed by atoms with Crippen molar-refractivity contribution in [1.82, 2.24) is 10.2 Å². The van der Waals surface area contributed by atoms with Gasteiger partial charge in [0, 0.05) is 36.6 Å². The molecule has 1 spiro atoms. The van der Waals surface area contributed by atoms with Crippen LogP contribution in [0.1, 0.15) is 33.6 Å². The first-order valence-corrected chi connectivity index (χ1v) is 9.75. The topological polar surface area (TPSA) is 79.9 Å². The number of nitrogens with one attached hydrogen (secondary N) is 2. The molecule has 2 aliphatic heterocycles. The fourth-order valence-electron chi connectivity index (χ4n) is 3.95. The number of piperidine rings is 1. The fourth-order valence-corrected chi connectivity index (χ4v) is 4.12. The van der Waals surface area contributed by atoms with E-state index in [1.54, 1.807) is 35.2 Å². The SMILES string of the molecule is COc1cccc(OC)c1C(=O)N1CCC2(CC1)NC(=O)c1cc(Cl)ccc1N2. The monoisotopic (exact) mass is 415 g/mol. The van der Waals surface area contributed by atoms with Crippen LogP contribution < -0.4 is 20.1 Å². The molecule has 0 aliphatic carbocycles. The van der Waals surface area contributed by atoms with Gasteiger partial charge in [0.05, 0.1) is 19.8 Å². The Kier molecular flexibility index (Phi) is 5.00. The summed E-state index contributed by atoms with van der Waals surface area (Å²) in [4.78, 5) is 27.5. The molecule has 2 aromatic carbocycles. The molecule has 2 aliphatic rings. The fraction of sp³-hybridized carbons (Fsp3) is 0.333. The van der Waals surface area contributed by atoms with Gasteiger partial charge in [-0.25, -0.2) is 0 Å². The van der Waals surface area contributed by atoms with E-state index in [9.17, 15) is 9.59 Å². The van der Waals surface area contributed by atoms with Crippen molar-refractivity contribution in [2.75, 3.05) is 32.6 Å². The van der Waals surface area contributed by atoms with Crippen LogP contribution in [0.25, 0.3) is 0 Å². The number of benzene rings is 2. The van der Waals surface area contributed by atoms with E-state index < -0.39 is 5.66 Å². The lowest BCUT2D eigenvalue weighted by Crippen LogP contribution is -2.62. The molecule has 152 valence electrons. The van der Waals surface area contributed by atoms with Crippen molar-refractivity contribution in [2.45, 2.75) is 18.5 Å². The highest BCUT2D eigenvalue weighted by Gasteiger charge is 2.41. The molecule has 29 heavy (non-hydrogen) atoms. The van der Waals surface area contributed by atoms with Gasteiger partial charge in [-0.05, 0) is 30.3 Å². The summed E-state index contributed by atoms with van der Waals surface area (Å²) in [6.07, 6.45) is 1.15. The van der Waals surface area contributed by atoms with Crippen LogP contribution in [0, 0.1) is 0 Å². The van der Waals surface area contributed by atoms with Crippen molar-refractivity contribution < 1.29 is 19.1 Å². The minimum atomic E-state index is -0.584. The van der Waals surface area contributed by atoms with Gasteiger partial charge in [0.2, 0.25) is 0 Å². The average Bonchev–Trinajstić information content (AvgIpc) is 2.74. The summed E-state index contributed by atoms with van der Waals surface area (Å²) >= 11 is 6.01. The summed E-state index contributed by atoms with van der Waals surface area (Å²) in [5.41, 5.74) is 1.11. The molecule has 0 unspecified atom stereocenters. The number of carbonyl (C=O) groups excluding carboxylic acids is 2. The number of amides is 2. The van der Waals surface area contributed by atoms with E-state index in [4.69, 9.17) is 21.1 Å². The third-order valence-electron chi connectivity index (χ3n) is 5.50. The number of nitrogens with zero attached hydrogens (tertiary/aromatic N) is 1. The number of anilines is 1. The van der Waals surface area contributed by atoms with Crippen LogP contribution >= 0.6 is 11.6 Å². The van der Waals surface area contributed by atoms with E-state index in [-0.39, 0.29) is 11.8 Å². The van der Waals surface area contributed by atoms with Crippen molar-refractivity contribution in [1.29, 1.82) is 0 Å². The quantitative estimate of drug-likeness (QED) is 0.805. The summed E-state index contributed by atoms with van der Waals surface area (Å²) in [5.74, 6) is 0.643. The van der Waals surface area contributed by atoms with E-state index in [1.165, 1.54) is 14.2 Å². The molecule has 2 heterocycles. The predicted molar refractivity (Wildman–Crippen MR) is 110 cm³/mol. The van der Waals surface area contributed by atoms with Gasteiger partial charge < -0.3 is 25.0 Å². The maximum Gasteiger partial charge on any atom is 0.261 e. The number of carbonyl (C=O) groups is 2. The second-order valence-corrected chi connectivity index (χ2v) is 7.62. The van der Waals surface area contributed by atoms with Gasteiger partial charge in [-0.1, -0.05) is 17.7 Å².